The number of carbonyl (C=O) groups is 2. The van der Waals surface area contributed by atoms with E-state index in [2.05, 4.69) is 24.1 Å². The molecule has 0 radical (unpaired) electrons. The summed E-state index contributed by atoms with van der Waals surface area (Å²) in [6.45, 7) is 6.40. The second-order valence-electron chi connectivity index (χ2n) is 6.75. The third-order valence-corrected chi connectivity index (χ3v) is 5.03. The number of carboxylic acids is 1. The summed E-state index contributed by atoms with van der Waals surface area (Å²) < 4.78 is 0. The maximum absolute atomic E-state index is 12.4. The predicted octanol–water partition coefficient (Wildman–Crippen LogP) is 1.87. The summed E-state index contributed by atoms with van der Waals surface area (Å²) in [5.74, 6) is -1.68. The number of hydrogen-bond acceptors (Lipinski definition) is 3. The maximum atomic E-state index is 12.4. The molecule has 2 atom stereocenters. The molecule has 0 bridgehead atoms. The molecule has 0 spiro atoms. The minimum atomic E-state index is -0.815. The molecule has 2 fully saturated rings. The van der Waals surface area contributed by atoms with E-state index in [0.717, 1.165) is 38.8 Å². The molecule has 2 N–H and O–H groups in total. The van der Waals surface area contributed by atoms with Gasteiger partial charge in [0.25, 0.3) is 0 Å². The number of aliphatic carboxylic acids is 1. The summed E-state index contributed by atoms with van der Waals surface area (Å²) in [4.78, 5) is 26.1. The lowest BCUT2D eigenvalue weighted by Gasteiger charge is -2.36. The van der Waals surface area contributed by atoms with Gasteiger partial charge in [-0.1, -0.05) is 12.8 Å². The number of likely N-dealkylation sites (tertiary alicyclic amines) is 1. The Hall–Kier alpha value is -1.10. The standard InChI is InChI=1S/C16H28N2O3/c1-11(2)18-9-7-12(8-10-18)17-15(19)13-5-3-4-6-14(13)16(20)21/h11-14H,3-10H2,1-2H3,(H,17,19)(H,20,21)/t13-,14+/m1/s1. The lowest BCUT2D eigenvalue weighted by Crippen LogP contribution is -2.49. The van der Waals surface area contributed by atoms with Crippen LogP contribution in [0.5, 0.6) is 0 Å². The van der Waals surface area contributed by atoms with Crippen LogP contribution in [-0.2, 0) is 9.59 Å². The summed E-state index contributed by atoms with van der Waals surface area (Å²) in [6.07, 6.45) is 5.18. The van der Waals surface area contributed by atoms with Crippen molar-refractivity contribution >= 4 is 11.9 Å². The summed E-state index contributed by atoms with van der Waals surface area (Å²) in [5.41, 5.74) is 0. The highest BCUT2D eigenvalue weighted by molar-refractivity contribution is 5.85. The van der Waals surface area contributed by atoms with Crippen LogP contribution in [0.4, 0.5) is 0 Å². The van der Waals surface area contributed by atoms with Gasteiger partial charge < -0.3 is 15.3 Å². The summed E-state index contributed by atoms with van der Waals surface area (Å²) in [5, 5.41) is 12.4. The molecule has 1 saturated carbocycles. The zero-order chi connectivity index (χ0) is 15.4. The topological polar surface area (TPSA) is 69.6 Å². The van der Waals surface area contributed by atoms with E-state index in [1.54, 1.807) is 0 Å². The van der Waals surface area contributed by atoms with Crippen LogP contribution in [0, 0.1) is 11.8 Å². The van der Waals surface area contributed by atoms with Crippen molar-refractivity contribution in [1.29, 1.82) is 0 Å². The van der Waals surface area contributed by atoms with Crippen LogP contribution < -0.4 is 5.32 Å². The maximum Gasteiger partial charge on any atom is 0.307 e. The van der Waals surface area contributed by atoms with Gasteiger partial charge in [-0.25, -0.2) is 0 Å². The number of amides is 1. The highest BCUT2D eigenvalue weighted by atomic mass is 16.4. The predicted molar refractivity (Wildman–Crippen MR) is 81.0 cm³/mol. The molecule has 0 unspecified atom stereocenters. The second kappa shape index (κ2) is 7.25. The van der Waals surface area contributed by atoms with Gasteiger partial charge in [-0.2, -0.15) is 0 Å². The fourth-order valence-corrected chi connectivity index (χ4v) is 3.61. The molecule has 2 rings (SSSR count). The molecule has 5 heteroatoms. The van der Waals surface area contributed by atoms with Crippen molar-refractivity contribution in [2.24, 2.45) is 11.8 Å². The normalized spacial score (nSPS) is 28.5. The number of rotatable bonds is 4. The Morgan fingerprint density at radius 2 is 1.62 bits per heavy atom. The monoisotopic (exact) mass is 296 g/mol. The number of hydrogen-bond donors (Lipinski definition) is 2. The van der Waals surface area contributed by atoms with Crippen molar-refractivity contribution in [3.8, 4) is 0 Å². The summed E-state index contributed by atoms with van der Waals surface area (Å²) >= 11 is 0. The van der Waals surface area contributed by atoms with E-state index >= 15 is 0 Å². The minimum absolute atomic E-state index is 0.0369. The van der Waals surface area contributed by atoms with Crippen molar-refractivity contribution in [3.63, 3.8) is 0 Å². The molecule has 0 aromatic rings. The Morgan fingerprint density at radius 1 is 1.05 bits per heavy atom. The van der Waals surface area contributed by atoms with E-state index in [1.165, 1.54) is 0 Å². The highest BCUT2D eigenvalue weighted by Crippen LogP contribution is 2.30. The molecule has 1 heterocycles. The van der Waals surface area contributed by atoms with Crippen LogP contribution in [0.2, 0.25) is 0 Å². The molecule has 1 saturated heterocycles. The van der Waals surface area contributed by atoms with Crippen molar-refractivity contribution in [2.75, 3.05) is 13.1 Å². The molecule has 0 aromatic carbocycles. The number of carbonyl (C=O) groups excluding carboxylic acids is 1. The van der Waals surface area contributed by atoms with Crippen molar-refractivity contribution in [2.45, 2.75) is 64.5 Å². The van der Waals surface area contributed by atoms with Crippen LogP contribution in [-0.4, -0.2) is 47.1 Å². The lowest BCUT2D eigenvalue weighted by atomic mass is 9.78. The first-order valence-corrected chi connectivity index (χ1v) is 8.26. The van der Waals surface area contributed by atoms with Gasteiger partial charge in [0.15, 0.2) is 0 Å². The van der Waals surface area contributed by atoms with Crippen LogP contribution >= 0.6 is 0 Å². The van der Waals surface area contributed by atoms with Gasteiger partial charge in [-0.3, -0.25) is 9.59 Å². The van der Waals surface area contributed by atoms with E-state index in [1.807, 2.05) is 0 Å². The molecule has 0 aromatic heterocycles. The van der Waals surface area contributed by atoms with Gasteiger partial charge in [0.1, 0.15) is 0 Å². The van der Waals surface area contributed by atoms with E-state index in [4.69, 9.17) is 0 Å². The first-order chi connectivity index (χ1) is 9.99. The zero-order valence-electron chi connectivity index (χ0n) is 13.2. The summed E-state index contributed by atoms with van der Waals surface area (Å²) in [7, 11) is 0. The molecule has 5 nitrogen and oxygen atoms in total. The largest absolute Gasteiger partial charge is 0.481 e. The Labute approximate surface area is 127 Å². The number of piperidine rings is 1. The van der Waals surface area contributed by atoms with Crippen LogP contribution in [0.25, 0.3) is 0 Å². The quantitative estimate of drug-likeness (QED) is 0.831. The van der Waals surface area contributed by atoms with Crippen LogP contribution in [0.15, 0.2) is 0 Å². The minimum Gasteiger partial charge on any atom is -0.481 e. The van der Waals surface area contributed by atoms with Gasteiger partial charge in [0.2, 0.25) is 5.91 Å². The van der Waals surface area contributed by atoms with Gasteiger partial charge in [0, 0.05) is 25.2 Å². The fraction of sp³-hybridized carbons (Fsp3) is 0.875. The summed E-state index contributed by atoms with van der Waals surface area (Å²) in [6, 6.07) is 0.764. The van der Waals surface area contributed by atoms with E-state index in [9.17, 15) is 14.7 Å². The molecule has 2 aliphatic rings. The molecule has 1 aliphatic carbocycles. The zero-order valence-corrected chi connectivity index (χ0v) is 13.2. The number of nitrogens with zero attached hydrogens (tertiary/aromatic N) is 1. The van der Waals surface area contributed by atoms with Gasteiger partial charge in [-0.05, 0) is 39.5 Å². The molecule has 1 amide bonds. The highest BCUT2D eigenvalue weighted by Gasteiger charge is 2.36. The molecule has 1 aliphatic heterocycles. The van der Waals surface area contributed by atoms with Crippen LogP contribution in [0.3, 0.4) is 0 Å². The lowest BCUT2D eigenvalue weighted by molar-refractivity contribution is -0.149. The molecule has 21 heavy (non-hydrogen) atoms. The van der Waals surface area contributed by atoms with Gasteiger partial charge in [-0.15, -0.1) is 0 Å². The number of carboxylic acid groups (broad SMARTS) is 1. The van der Waals surface area contributed by atoms with Crippen molar-refractivity contribution in [3.05, 3.63) is 0 Å². The van der Waals surface area contributed by atoms with E-state index in [0.29, 0.717) is 18.9 Å². The van der Waals surface area contributed by atoms with Crippen LogP contribution in [0.1, 0.15) is 52.4 Å². The molecular formula is C16H28N2O3. The second-order valence-corrected chi connectivity index (χ2v) is 6.75. The first-order valence-electron chi connectivity index (χ1n) is 8.26. The van der Waals surface area contributed by atoms with E-state index in [-0.39, 0.29) is 17.9 Å². The Bertz CT molecular complexity index is 376. The smallest absolute Gasteiger partial charge is 0.307 e. The Morgan fingerprint density at radius 3 is 2.14 bits per heavy atom. The SMILES string of the molecule is CC(C)N1CCC(NC(=O)[C@@H]2CCCC[C@@H]2C(=O)O)CC1. The average Bonchev–Trinajstić information content (AvgIpc) is 2.47. The van der Waals surface area contributed by atoms with Gasteiger partial charge in [0.05, 0.1) is 11.8 Å². The Balaban J connectivity index is 1.85. The fourth-order valence-electron chi connectivity index (χ4n) is 3.61. The molecule has 120 valence electrons. The first kappa shape index (κ1) is 16.3. The third-order valence-electron chi connectivity index (χ3n) is 5.03. The van der Waals surface area contributed by atoms with Crippen molar-refractivity contribution < 1.29 is 14.7 Å². The Kier molecular flexibility index (Phi) is 5.62. The number of nitrogens with one attached hydrogen (secondary N) is 1. The van der Waals surface area contributed by atoms with E-state index < -0.39 is 11.9 Å². The molecular weight excluding hydrogens is 268 g/mol. The third kappa shape index (κ3) is 4.19. The van der Waals surface area contributed by atoms with Gasteiger partial charge >= 0.3 is 5.97 Å². The average molecular weight is 296 g/mol. The van der Waals surface area contributed by atoms with Crippen molar-refractivity contribution in [1.82, 2.24) is 10.2 Å².